The van der Waals surface area contributed by atoms with Crippen LogP contribution in [0.3, 0.4) is 0 Å². The summed E-state index contributed by atoms with van der Waals surface area (Å²) in [5.41, 5.74) is 0. The van der Waals surface area contributed by atoms with E-state index in [1.165, 1.54) is 4.90 Å². The fourth-order valence-electron chi connectivity index (χ4n) is 2.89. The number of alkyl halides is 3. The second kappa shape index (κ2) is 8.03. The molecule has 2 unspecified atom stereocenters. The van der Waals surface area contributed by atoms with Crippen LogP contribution in [0.2, 0.25) is 0 Å². The van der Waals surface area contributed by atoms with Crippen molar-refractivity contribution in [2.24, 2.45) is 0 Å². The number of hydrogen-bond acceptors (Lipinski definition) is 3. The standard InChI is InChI=1S/C15H28F3N3/c1-5-7-20(6-2)13(3)14(4)21-10-8-19(9-11-21)12-15(16,17)18/h5,7,13-14H,6,8-12H2,1-4H3/b7-5-. The van der Waals surface area contributed by atoms with Crippen LogP contribution in [0.25, 0.3) is 0 Å². The summed E-state index contributed by atoms with van der Waals surface area (Å²) in [4.78, 5) is 6.06. The third-order valence-corrected chi connectivity index (χ3v) is 4.31. The van der Waals surface area contributed by atoms with Crippen molar-refractivity contribution in [3.63, 3.8) is 0 Å². The highest BCUT2D eigenvalue weighted by atomic mass is 19.4. The lowest BCUT2D eigenvalue weighted by Gasteiger charge is -2.42. The molecule has 0 N–H and O–H groups in total. The molecule has 0 saturated carbocycles. The summed E-state index contributed by atoms with van der Waals surface area (Å²) in [6.07, 6.45) is 0.0149. The summed E-state index contributed by atoms with van der Waals surface area (Å²) >= 11 is 0. The molecule has 1 aliphatic heterocycles. The lowest BCUT2D eigenvalue weighted by molar-refractivity contribution is -0.150. The van der Waals surface area contributed by atoms with Crippen molar-refractivity contribution in [3.8, 4) is 0 Å². The quantitative estimate of drug-likeness (QED) is 0.747. The Labute approximate surface area is 126 Å². The van der Waals surface area contributed by atoms with Crippen LogP contribution < -0.4 is 0 Å². The fourth-order valence-corrected chi connectivity index (χ4v) is 2.89. The molecule has 0 spiro atoms. The molecule has 3 nitrogen and oxygen atoms in total. The minimum Gasteiger partial charge on any atom is -0.374 e. The number of nitrogens with zero attached hydrogens (tertiary/aromatic N) is 3. The van der Waals surface area contributed by atoms with Crippen LogP contribution in [-0.2, 0) is 0 Å². The number of piperazine rings is 1. The van der Waals surface area contributed by atoms with Crippen LogP contribution in [0, 0.1) is 0 Å². The van der Waals surface area contributed by atoms with Crippen molar-refractivity contribution in [1.82, 2.24) is 14.7 Å². The van der Waals surface area contributed by atoms with Gasteiger partial charge in [-0.1, -0.05) is 6.08 Å². The van der Waals surface area contributed by atoms with E-state index in [0.29, 0.717) is 38.3 Å². The predicted molar refractivity (Wildman–Crippen MR) is 80.2 cm³/mol. The van der Waals surface area contributed by atoms with Gasteiger partial charge in [-0.15, -0.1) is 0 Å². The molecule has 0 aliphatic carbocycles. The zero-order valence-corrected chi connectivity index (χ0v) is 13.5. The molecule has 2 atom stereocenters. The second-order valence-corrected chi connectivity index (χ2v) is 5.72. The molecule has 124 valence electrons. The molecule has 0 radical (unpaired) electrons. The zero-order valence-electron chi connectivity index (χ0n) is 13.5. The maximum absolute atomic E-state index is 12.4. The van der Waals surface area contributed by atoms with E-state index in [9.17, 15) is 13.2 Å². The highest BCUT2D eigenvalue weighted by Gasteiger charge is 2.33. The van der Waals surface area contributed by atoms with Crippen molar-refractivity contribution >= 4 is 0 Å². The highest BCUT2D eigenvalue weighted by molar-refractivity contribution is 4.89. The van der Waals surface area contributed by atoms with Gasteiger partial charge in [-0.2, -0.15) is 13.2 Å². The van der Waals surface area contributed by atoms with E-state index in [0.717, 1.165) is 6.54 Å². The molecular formula is C15H28F3N3. The Hall–Kier alpha value is -0.750. The molecule has 0 amide bonds. The average Bonchev–Trinajstić information content (AvgIpc) is 2.42. The van der Waals surface area contributed by atoms with Crippen LogP contribution >= 0.6 is 0 Å². The largest absolute Gasteiger partial charge is 0.401 e. The smallest absolute Gasteiger partial charge is 0.374 e. The van der Waals surface area contributed by atoms with E-state index in [-0.39, 0.29) is 0 Å². The van der Waals surface area contributed by atoms with Gasteiger partial charge in [-0.25, -0.2) is 0 Å². The molecular weight excluding hydrogens is 279 g/mol. The first-order chi connectivity index (χ1) is 9.78. The topological polar surface area (TPSA) is 9.72 Å². The lowest BCUT2D eigenvalue weighted by Crippen LogP contribution is -2.55. The summed E-state index contributed by atoms with van der Waals surface area (Å²) in [7, 11) is 0. The van der Waals surface area contributed by atoms with Crippen molar-refractivity contribution in [1.29, 1.82) is 0 Å². The summed E-state index contributed by atoms with van der Waals surface area (Å²) in [6.45, 7) is 11.0. The van der Waals surface area contributed by atoms with Gasteiger partial charge in [0.25, 0.3) is 0 Å². The van der Waals surface area contributed by atoms with Crippen LogP contribution in [0.1, 0.15) is 27.7 Å². The Morgan fingerprint density at radius 3 is 2.14 bits per heavy atom. The second-order valence-electron chi connectivity index (χ2n) is 5.72. The normalized spacial score (nSPS) is 21.7. The first-order valence-corrected chi connectivity index (χ1v) is 7.70. The van der Waals surface area contributed by atoms with Crippen molar-refractivity contribution in [3.05, 3.63) is 12.3 Å². The van der Waals surface area contributed by atoms with Gasteiger partial charge in [0.1, 0.15) is 0 Å². The van der Waals surface area contributed by atoms with Crippen molar-refractivity contribution < 1.29 is 13.2 Å². The van der Waals surface area contributed by atoms with Gasteiger partial charge < -0.3 is 4.90 Å². The maximum atomic E-state index is 12.4. The van der Waals surface area contributed by atoms with Gasteiger partial charge in [0, 0.05) is 44.8 Å². The Morgan fingerprint density at radius 2 is 1.71 bits per heavy atom. The van der Waals surface area contributed by atoms with Gasteiger partial charge in [-0.05, 0) is 33.9 Å². The zero-order chi connectivity index (χ0) is 16.0. The number of allylic oxidation sites excluding steroid dienone is 1. The predicted octanol–water partition coefficient (Wildman–Crippen LogP) is 2.80. The molecule has 0 aromatic rings. The molecule has 1 rings (SSSR count). The number of halogens is 3. The molecule has 1 saturated heterocycles. The minimum absolute atomic E-state index is 0.328. The fraction of sp³-hybridized carbons (Fsp3) is 0.867. The Kier molecular flexibility index (Phi) is 7.00. The number of rotatable bonds is 6. The third-order valence-electron chi connectivity index (χ3n) is 4.31. The lowest BCUT2D eigenvalue weighted by atomic mass is 10.1. The number of hydrogen-bond donors (Lipinski definition) is 0. The Balaban J connectivity index is 2.49. The molecule has 1 fully saturated rings. The molecule has 6 heteroatoms. The third kappa shape index (κ3) is 5.87. The van der Waals surface area contributed by atoms with Gasteiger partial charge in [0.2, 0.25) is 0 Å². The maximum Gasteiger partial charge on any atom is 0.401 e. The van der Waals surface area contributed by atoms with Crippen LogP contribution in [0.15, 0.2) is 12.3 Å². The Morgan fingerprint density at radius 1 is 1.14 bits per heavy atom. The van der Waals surface area contributed by atoms with Crippen LogP contribution in [-0.4, -0.2) is 72.2 Å². The van der Waals surface area contributed by atoms with E-state index in [2.05, 4.69) is 36.8 Å². The SMILES string of the molecule is C/C=C\N(CC)C(C)C(C)N1CCN(CC(F)(F)F)CC1. The molecule has 0 aromatic heterocycles. The molecule has 1 aliphatic rings. The Bertz CT molecular complexity index is 323. The molecule has 0 bridgehead atoms. The minimum atomic E-state index is -4.09. The summed E-state index contributed by atoms with van der Waals surface area (Å²) in [5, 5.41) is 0. The highest BCUT2D eigenvalue weighted by Crippen LogP contribution is 2.19. The van der Waals surface area contributed by atoms with E-state index < -0.39 is 12.7 Å². The molecule has 1 heterocycles. The monoisotopic (exact) mass is 307 g/mol. The average molecular weight is 307 g/mol. The summed E-state index contributed by atoms with van der Waals surface area (Å²) in [6, 6.07) is 0.676. The van der Waals surface area contributed by atoms with E-state index in [1.807, 2.05) is 13.0 Å². The van der Waals surface area contributed by atoms with Crippen molar-refractivity contribution in [2.75, 3.05) is 39.3 Å². The molecule has 21 heavy (non-hydrogen) atoms. The van der Waals surface area contributed by atoms with E-state index in [4.69, 9.17) is 0 Å². The molecule has 0 aromatic carbocycles. The van der Waals surface area contributed by atoms with Gasteiger partial charge in [0.15, 0.2) is 0 Å². The summed E-state index contributed by atoms with van der Waals surface area (Å²) in [5.74, 6) is 0. The summed E-state index contributed by atoms with van der Waals surface area (Å²) < 4.78 is 37.2. The first-order valence-electron chi connectivity index (χ1n) is 7.70. The van der Waals surface area contributed by atoms with E-state index in [1.54, 1.807) is 0 Å². The van der Waals surface area contributed by atoms with Crippen LogP contribution in [0.5, 0.6) is 0 Å². The van der Waals surface area contributed by atoms with Gasteiger partial charge in [0.05, 0.1) is 6.54 Å². The van der Waals surface area contributed by atoms with Crippen LogP contribution in [0.4, 0.5) is 13.2 Å². The van der Waals surface area contributed by atoms with Gasteiger partial charge in [-0.3, -0.25) is 9.80 Å². The van der Waals surface area contributed by atoms with Gasteiger partial charge >= 0.3 is 6.18 Å². The first kappa shape index (κ1) is 18.3. The van der Waals surface area contributed by atoms with Crippen molar-refractivity contribution in [2.45, 2.75) is 46.0 Å². The number of likely N-dealkylation sites (N-methyl/N-ethyl adjacent to an activating group) is 1. The van der Waals surface area contributed by atoms with E-state index >= 15 is 0 Å².